The molecule has 0 bridgehead atoms. The zero-order valence-electron chi connectivity index (χ0n) is 30.3. The van der Waals surface area contributed by atoms with E-state index in [1.54, 1.807) is 48.5 Å². The molecule has 0 spiro atoms. The largest absolute Gasteiger partial charge is 0.508 e. The first-order chi connectivity index (χ1) is 27.2. The van der Waals surface area contributed by atoms with Crippen LogP contribution in [0.1, 0.15) is 66.4 Å². The highest BCUT2D eigenvalue weighted by Gasteiger charge is 2.24. The van der Waals surface area contributed by atoms with Gasteiger partial charge in [0.1, 0.15) is 28.7 Å². The highest BCUT2D eigenvalue weighted by molar-refractivity contribution is 6.11. The number of anilines is 2. The Hall–Kier alpha value is -8.00. The van der Waals surface area contributed by atoms with Gasteiger partial charge in [0, 0.05) is 28.9 Å². The zero-order chi connectivity index (χ0) is 40.9. The number of benzene rings is 6. The third kappa shape index (κ3) is 9.04. The van der Waals surface area contributed by atoms with Gasteiger partial charge in [-0.05, 0) is 108 Å². The summed E-state index contributed by atoms with van der Waals surface area (Å²) in [4.78, 5) is 58.9. The van der Waals surface area contributed by atoms with Gasteiger partial charge in [-0.3, -0.25) is 19.7 Å². The lowest BCUT2D eigenvalue weighted by molar-refractivity contribution is -0.384. The van der Waals surface area contributed by atoms with E-state index in [-0.39, 0.29) is 27.9 Å². The average molecular weight is 768 g/mol. The van der Waals surface area contributed by atoms with E-state index in [1.807, 2.05) is 48.5 Å². The third-order valence-corrected chi connectivity index (χ3v) is 9.01. The number of rotatable bonds is 13. The lowest BCUT2D eigenvalue weighted by Crippen LogP contribution is -2.18. The van der Waals surface area contributed by atoms with Crippen LogP contribution >= 0.6 is 0 Å². The van der Waals surface area contributed by atoms with E-state index >= 15 is 0 Å². The van der Waals surface area contributed by atoms with Crippen LogP contribution in [0.15, 0.2) is 133 Å². The van der Waals surface area contributed by atoms with E-state index in [0.717, 1.165) is 35.4 Å². The van der Waals surface area contributed by atoms with Crippen LogP contribution in [0.2, 0.25) is 0 Å². The molecule has 286 valence electrons. The molecule has 14 nitrogen and oxygen atoms in total. The molecule has 57 heavy (non-hydrogen) atoms. The summed E-state index contributed by atoms with van der Waals surface area (Å²) in [5.74, 6) is -2.27. The lowest BCUT2D eigenvalue weighted by atomic mass is 9.78. The van der Waals surface area contributed by atoms with Crippen molar-refractivity contribution in [1.29, 1.82) is 0 Å². The van der Waals surface area contributed by atoms with Crippen molar-refractivity contribution in [2.24, 2.45) is 0 Å². The van der Waals surface area contributed by atoms with Crippen molar-refractivity contribution in [2.75, 3.05) is 10.6 Å². The van der Waals surface area contributed by atoms with Gasteiger partial charge in [-0.25, -0.2) is 9.59 Å². The van der Waals surface area contributed by atoms with Crippen molar-refractivity contribution >= 4 is 40.8 Å². The minimum atomic E-state index is -1.47. The topological polar surface area (TPSA) is 215 Å². The van der Waals surface area contributed by atoms with Gasteiger partial charge in [-0.2, -0.15) is 0 Å². The fourth-order valence-corrected chi connectivity index (χ4v) is 5.86. The summed E-state index contributed by atoms with van der Waals surface area (Å²) >= 11 is 0. The van der Waals surface area contributed by atoms with Crippen LogP contribution < -0.4 is 20.1 Å². The number of hydrogen-bond donors (Lipinski definition) is 5. The monoisotopic (exact) mass is 767 g/mol. The molecule has 0 heterocycles. The molecular weight excluding hydrogens is 734 g/mol. The molecule has 0 aliphatic heterocycles. The molecule has 0 saturated heterocycles. The van der Waals surface area contributed by atoms with Gasteiger partial charge in [0.25, 0.3) is 17.5 Å². The summed E-state index contributed by atoms with van der Waals surface area (Å²) in [6, 6.07) is 34.8. The highest BCUT2D eigenvalue weighted by Crippen LogP contribution is 2.35. The van der Waals surface area contributed by atoms with Crippen LogP contribution in [0.3, 0.4) is 0 Å². The van der Waals surface area contributed by atoms with Crippen LogP contribution in [0.25, 0.3) is 0 Å². The number of amides is 2. The van der Waals surface area contributed by atoms with Gasteiger partial charge in [0.15, 0.2) is 0 Å². The Balaban J connectivity index is 1.04. The van der Waals surface area contributed by atoms with Gasteiger partial charge in [0.05, 0.1) is 27.2 Å². The molecule has 0 atom stereocenters. The number of nitrogens with one attached hydrogen (secondary N) is 2. The number of ether oxygens (including phenoxy) is 2. The summed E-state index contributed by atoms with van der Waals surface area (Å²) in [5, 5.41) is 44.7. The fraction of sp³-hybridized carbons (Fsp3) is 0.0698. The van der Waals surface area contributed by atoms with Crippen LogP contribution in [0, 0.1) is 10.1 Å². The number of nitro groups is 1. The Kier molecular flexibility index (Phi) is 11.0. The lowest BCUT2D eigenvalue weighted by Gasteiger charge is -2.26. The second-order valence-electron chi connectivity index (χ2n) is 13.2. The fourth-order valence-electron chi connectivity index (χ4n) is 5.86. The maximum absolute atomic E-state index is 12.8. The number of carbonyl (C=O) groups excluding carboxylic acids is 2. The molecule has 0 saturated carbocycles. The third-order valence-electron chi connectivity index (χ3n) is 9.01. The summed E-state index contributed by atoms with van der Waals surface area (Å²) in [6.07, 6.45) is 0. The molecule has 0 fully saturated rings. The zero-order valence-corrected chi connectivity index (χ0v) is 30.3. The Labute approximate surface area is 324 Å². The quantitative estimate of drug-likeness (QED) is 0.0552. The molecule has 0 aliphatic carbocycles. The van der Waals surface area contributed by atoms with Crippen LogP contribution in [0.5, 0.6) is 28.7 Å². The molecule has 0 aliphatic rings. The summed E-state index contributed by atoms with van der Waals surface area (Å²) in [6.45, 7) is 4.18. The Morgan fingerprint density at radius 1 is 0.544 bits per heavy atom. The number of phenols is 1. The maximum atomic E-state index is 12.8. The van der Waals surface area contributed by atoms with Gasteiger partial charge in [-0.1, -0.05) is 38.1 Å². The summed E-state index contributed by atoms with van der Waals surface area (Å²) in [7, 11) is 0. The van der Waals surface area contributed by atoms with Crippen LogP contribution in [0.4, 0.5) is 17.1 Å². The molecule has 5 N–H and O–H groups in total. The van der Waals surface area contributed by atoms with Gasteiger partial charge >= 0.3 is 11.9 Å². The number of carboxylic acids is 2. The number of carboxylic acid groups (broad SMARTS) is 2. The molecule has 6 rings (SSSR count). The number of hydrogen-bond acceptors (Lipinski definition) is 9. The SMILES string of the molecule is CC(C)(c1ccc(Oc2ccc(NC(=O)c3ccc(O)cc3C(=O)O)cc2)cc1)c1ccc(Oc2ccc(NC(=O)c3ccc([N+](=O)[O-])cc3C(=O)O)cc2)cc1. The second kappa shape index (κ2) is 16.2. The Morgan fingerprint density at radius 2 is 0.912 bits per heavy atom. The van der Waals surface area contributed by atoms with Crippen molar-refractivity contribution < 1.29 is 48.9 Å². The molecule has 0 radical (unpaired) electrons. The average Bonchev–Trinajstić information content (AvgIpc) is 3.19. The first kappa shape index (κ1) is 38.7. The second-order valence-corrected chi connectivity index (χ2v) is 13.2. The van der Waals surface area contributed by atoms with Crippen molar-refractivity contribution in [3.05, 3.63) is 177 Å². The van der Waals surface area contributed by atoms with Crippen LogP contribution in [-0.2, 0) is 5.41 Å². The van der Waals surface area contributed by atoms with E-state index in [1.165, 1.54) is 12.1 Å². The first-order valence-corrected chi connectivity index (χ1v) is 17.2. The van der Waals surface area contributed by atoms with Crippen molar-refractivity contribution in [3.8, 4) is 28.7 Å². The Morgan fingerprint density at radius 3 is 1.30 bits per heavy atom. The standard InChI is InChI=1S/C43H33N3O11/c1-43(2,26-5-15-32(16-6-26)57-34-19-9-28(10-20-34)45-40(49)36-22-12-30(47)24-38(36)42(52)53)25-3-13-31(14-4-25)56-33-17-7-27(8-18-33)44-39(48)35-21-11-29(46(54)55)23-37(35)41(50)51/h3-24,47H,1-2H3,(H,44,48)(H,45,49)(H,50,51)(H,52,53). The molecule has 2 amide bonds. The van der Waals surface area contributed by atoms with E-state index < -0.39 is 39.9 Å². The molecule has 6 aromatic rings. The molecule has 14 heteroatoms. The van der Waals surface area contributed by atoms with E-state index in [0.29, 0.717) is 34.4 Å². The molecule has 6 aromatic carbocycles. The van der Waals surface area contributed by atoms with Crippen molar-refractivity contribution in [3.63, 3.8) is 0 Å². The molecule has 0 aromatic heterocycles. The molecule has 0 unspecified atom stereocenters. The number of phenolic OH excluding ortho intramolecular Hbond substituents is 1. The summed E-state index contributed by atoms with van der Waals surface area (Å²) < 4.78 is 12.0. The van der Waals surface area contributed by atoms with Crippen LogP contribution in [-0.4, -0.2) is 44.0 Å². The van der Waals surface area contributed by atoms with E-state index in [9.17, 15) is 44.6 Å². The minimum Gasteiger partial charge on any atom is -0.508 e. The predicted molar refractivity (Wildman–Crippen MR) is 209 cm³/mol. The number of nitro benzene ring substituents is 1. The number of nitrogens with zero attached hydrogens (tertiary/aromatic N) is 1. The van der Waals surface area contributed by atoms with Gasteiger partial charge in [0.2, 0.25) is 0 Å². The van der Waals surface area contributed by atoms with Crippen molar-refractivity contribution in [2.45, 2.75) is 19.3 Å². The number of non-ortho nitro benzene ring substituents is 1. The van der Waals surface area contributed by atoms with Gasteiger partial charge in [-0.15, -0.1) is 0 Å². The highest BCUT2D eigenvalue weighted by atomic mass is 16.6. The molecular formula is C43H33N3O11. The smallest absolute Gasteiger partial charge is 0.336 e. The Bertz CT molecular complexity index is 2500. The van der Waals surface area contributed by atoms with E-state index in [2.05, 4.69) is 24.5 Å². The van der Waals surface area contributed by atoms with Crippen molar-refractivity contribution in [1.82, 2.24) is 0 Å². The van der Waals surface area contributed by atoms with E-state index in [4.69, 9.17) is 9.47 Å². The minimum absolute atomic E-state index is 0.0909. The number of aromatic hydroxyl groups is 1. The number of aromatic carboxylic acids is 2. The number of carbonyl (C=O) groups is 4. The van der Waals surface area contributed by atoms with Gasteiger partial charge < -0.3 is 35.4 Å². The predicted octanol–water partition coefficient (Wildman–Crippen LogP) is 9.11. The normalized spacial score (nSPS) is 10.9. The summed E-state index contributed by atoms with van der Waals surface area (Å²) in [5.41, 5.74) is 0.888. The maximum Gasteiger partial charge on any atom is 0.336 e. The first-order valence-electron chi connectivity index (χ1n) is 17.2.